The monoisotopic (exact) mass is 362 g/mol. The quantitative estimate of drug-likeness (QED) is 0.563. The maximum atomic E-state index is 5.96. The molecule has 0 spiro atoms. The Morgan fingerprint density at radius 2 is 2.11 bits per heavy atom. The molecule has 1 unspecified atom stereocenters. The third kappa shape index (κ3) is 3.15. The molecule has 5 rings (SSSR count). The van der Waals surface area contributed by atoms with Crippen LogP contribution < -0.4 is 10.1 Å². The van der Waals surface area contributed by atoms with Crippen LogP contribution in [0.1, 0.15) is 6.42 Å². The second-order valence-corrected chi connectivity index (χ2v) is 6.54. The summed E-state index contributed by atoms with van der Waals surface area (Å²) >= 11 is 0. The number of rotatable bonds is 5. The van der Waals surface area contributed by atoms with Crippen LogP contribution in [-0.4, -0.2) is 45.0 Å². The average molecular weight is 362 g/mol. The average Bonchev–Trinajstić information content (AvgIpc) is 3.36. The Balaban J connectivity index is 1.40. The number of aromatic amines is 1. The van der Waals surface area contributed by atoms with Crippen molar-refractivity contribution in [2.75, 3.05) is 25.1 Å². The Hall–Kier alpha value is -3.26. The lowest BCUT2D eigenvalue weighted by Gasteiger charge is -2.12. The summed E-state index contributed by atoms with van der Waals surface area (Å²) in [6.45, 7) is 2.21. The van der Waals surface area contributed by atoms with Crippen LogP contribution in [0.15, 0.2) is 42.9 Å². The Morgan fingerprint density at radius 3 is 3.04 bits per heavy atom. The predicted octanol–water partition coefficient (Wildman–Crippen LogP) is 3.06. The van der Waals surface area contributed by atoms with E-state index in [9.17, 15) is 0 Å². The minimum atomic E-state index is 0.442. The highest BCUT2D eigenvalue weighted by Crippen LogP contribution is 2.29. The molecule has 1 aromatic carbocycles. The number of ether oxygens (including phenoxy) is 2. The van der Waals surface area contributed by atoms with E-state index in [4.69, 9.17) is 9.47 Å². The molecule has 4 heterocycles. The zero-order valence-electron chi connectivity index (χ0n) is 14.6. The number of nitrogens with one attached hydrogen (secondary N) is 2. The zero-order valence-corrected chi connectivity index (χ0v) is 14.6. The van der Waals surface area contributed by atoms with Crippen LogP contribution in [0.5, 0.6) is 5.88 Å². The van der Waals surface area contributed by atoms with Gasteiger partial charge in [-0.05, 0) is 36.1 Å². The smallest absolute Gasteiger partial charge is 0.221 e. The molecule has 8 nitrogen and oxygen atoms in total. The standard InChI is InChI=1S/C19H18N6O2/c1-2-15-13(3-5-22-19(15)27-11-12-4-8-26-10-12)9-14(1)23-18-16-17(24-25-18)21-7-6-20-16/h1-3,5-7,9,12H,4,8,10-11H2,(H2,21,23,24,25). The summed E-state index contributed by atoms with van der Waals surface area (Å²) in [5.41, 5.74) is 2.20. The van der Waals surface area contributed by atoms with Gasteiger partial charge < -0.3 is 14.8 Å². The van der Waals surface area contributed by atoms with Crippen LogP contribution in [-0.2, 0) is 4.74 Å². The number of hydrogen-bond donors (Lipinski definition) is 2. The normalized spacial score (nSPS) is 16.8. The second kappa shape index (κ2) is 6.81. The van der Waals surface area contributed by atoms with Crippen molar-refractivity contribution in [3.63, 3.8) is 0 Å². The van der Waals surface area contributed by atoms with E-state index in [2.05, 4.69) is 30.5 Å². The van der Waals surface area contributed by atoms with Crippen molar-refractivity contribution >= 4 is 33.4 Å². The first-order valence-electron chi connectivity index (χ1n) is 8.88. The molecule has 0 bridgehead atoms. The highest BCUT2D eigenvalue weighted by Gasteiger charge is 2.17. The Bertz CT molecular complexity index is 1090. The molecule has 1 atom stereocenters. The fraction of sp³-hybridized carbons (Fsp3) is 0.263. The molecule has 0 saturated carbocycles. The Kier molecular flexibility index (Phi) is 4.02. The van der Waals surface area contributed by atoms with Crippen LogP contribution in [0.2, 0.25) is 0 Å². The molecule has 0 amide bonds. The SMILES string of the molecule is c1cc2cc(Nc3[nH]nc4nccnc34)ccc2c(OCC2CCOC2)n1. The van der Waals surface area contributed by atoms with E-state index in [1.54, 1.807) is 18.6 Å². The van der Waals surface area contributed by atoms with Gasteiger partial charge in [0.15, 0.2) is 11.3 Å². The van der Waals surface area contributed by atoms with Gasteiger partial charge >= 0.3 is 0 Å². The zero-order chi connectivity index (χ0) is 18.1. The lowest BCUT2D eigenvalue weighted by molar-refractivity contribution is 0.166. The third-order valence-corrected chi connectivity index (χ3v) is 4.67. The van der Waals surface area contributed by atoms with Gasteiger partial charge in [-0.25, -0.2) is 15.0 Å². The summed E-state index contributed by atoms with van der Waals surface area (Å²) in [6, 6.07) is 8.01. The van der Waals surface area contributed by atoms with Gasteiger partial charge in [0.1, 0.15) is 0 Å². The fourth-order valence-electron chi connectivity index (χ4n) is 3.24. The fourth-order valence-corrected chi connectivity index (χ4v) is 3.24. The molecule has 1 fully saturated rings. The van der Waals surface area contributed by atoms with Crippen molar-refractivity contribution in [2.24, 2.45) is 5.92 Å². The van der Waals surface area contributed by atoms with Crippen molar-refractivity contribution in [2.45, 2.75) is 6.42 Å². The largest absolute Gasteiger partial charge is 0.477 e. The maximum Gasteiger partial charge on any atom is 0.221 e. The molecule has 1 aliphatic heterocycles. The molecule has 3 aromatic heterocycles. The maximum absolute atomic E-state index is 5.96. The van der Waals surface area contributed by atoms with E-state index in [0.717, 1.165) is 36.1 Å². The molecule has 1 saturated heterocycles. The van der Waals surface area contributed by atoms with Crippen LogP contribution in [0, 0.1) is 5.92 Å². The first-order chi connectivity index (χ1) is 13.4. The summed E-state index contributed by atoms with van der Waals surface area (Å²) < 4.78 is 11.4. The molecular weight excluding hydrogens is 344 g/mol. The summed E-state index contributed by atoms with van der Waals surface area (Å²) in [5.74, 6) is 1.81. The molecule has 8 heteroatoms. The van der Waals surface area contributed by atoms with E-state index < -0.39 is 0 Å². The number of anilines is 2. The number of hydrogen-bond acceptors (Lipinski definition) is 7. The number of aromatic nitrogens is 5. The van der Waals surface area contributed by atoms with E-state index >= 15 is 0 Å². The van der Waals surface area contributed by atoms with Crippen molar-refractivity contribution in [1.29, 1.82) is 0 Å². The van der Waals surface area contributed by atoms with Gasteiger partial charge in [-0.2, -0.15) is 5.10 Å². The highest BCUT2D eigenvalue weighted by molar-refractivity contribution is 5.91. The molecule has 4 aromatic rings. The minimum absolute atomic E-state index is 0.442. The Morgan fingerprint density at radius 1 is 1.15 bits per heavy atom. The van der Waals surface area contributed by atoms with Crippen LogP contribution in [0.25, 0.3) is 21.9 Å². The number of H-pyrrole nitrogens is 1. The van der Waals surface area contributed by atoms with E-state index in [1.807, 2.05) is 24.3 Å². The summed E-state index contributed by atoms with van der Waals surface area (Å²) in [4.78, 5) is 12.9. The molecule has 0 aliphatic carbocycles. The third-order valence-electron chi connectivity index (χ3n) is 4.67. The van der Waals surface area contributed by atoms with E-state index in [-0.39, 0.29) is 0 Å². The lowest BCUT2D eigenvalue weighted by Crippen LogP contribution is -2.12. The van der Waals surface area contributed by atoms with Gasteiger partial charge in [0.2, 0.25) is 11.5 Å². The number of nitrogens with zero attached hydrogens (tertiary/aromatic N) is 4. The predicted molar refractivity (Wildman–Crippen MR) is 101 cm³/mol. The van der Waals surface area contributed by atoms with Crippen molar-refractivity contribution in [1.82, 2.24) is 25.1 Å². The first kappa shape index (κ1) is 16.0. The molecule has 27 heavy (non-hydrogen) atoms. The second-order valence-electron chi connectivity index (χ2n) is 6.54. The molecule has 1 aliphatic rings. The van der Waals surface area contributed by atoms with Gasteiger partial charge in [-0.15, -0.1) is 0 Å². The van der Waals surface area contributed by atoms with Gasteiger partial charge in [0, 0.05) is 42.2 Å². The lowest BCUT2D eigenvalue weighted by atomic mass is 10.1. The van der Waals surface area contributed by atoms with Crippen molar-refractivity contribution < 1.29 is 9.47 Å². The highest BCUT2D eigenvalue weighted by atomic mass is 16.5. The summed E-state index contributed by atoms with van der Waals surface area (Å²) in [6.07, 6.45) is 6.08. The summed E-state index contributed by atoms with van der Waals surface area (Å²) in [5, 5.41) is 12.4. The molecular formula is C19H18N6O2. The molecule has 2 N–H and O–H groups in total. The summed E-state index contributed by atoms with van der Waals surface area (Å²) in [7, 11) is 0. The first-order valence-corrected chi connectivity index (χ1v) is 8.88. The van der Waals surface area contributed by atoms with Gasteiger partial charge in [0.25, 0.3) is 0 Å². The minimum Gasteiger partial charge on any atom is -0.477 e. The van der Waals surface area contributed by atoms with Crippen molar-refractivity contribution in [3.8, 4) is 5.88 Å². The van der Waals surface area contributed by atoms with Gasteiger partial charge in [-0.3, -0.25) is 5.10 Å². The number of pyridine rings is 1. The molecule has 136 valence electrons. The van der Waals surface area contributed by atoms with E-state index in [0.29, 0.717) is 35.4 Å². The van der Waals surface area contributed by atoms with Crippen LogP contribution in [0.3, 0.4) is 0 Å². The van der Waals surface area contributed by atoms with Crippen molar-refractivity contribution in [3.05, 3.63) is 42.9 Å². The number of benzene rings is 1. The van der Waals surface area contributed by atoms with Gasteiger partial charge in [-0.1, -0.05) is 0 Å². The number of fused-ring (bicyclic) bond motifs is 2. The van der Waals surface area contributed by atoms with Crippen LogP contribution >= 0.6 is 0 Å². The van der Waals surface area contributed by atoms with E-state index in [1.165, 1.54) is 0 Å². The molecule has 0 radical (unpaired) electrons. The van der Waals surface area contributed by atoms with Gasteiger partial charge in [0.05, 0.1) is 13.2 Å². The Labute approximate surface area is 155 Å². The topological polar surface area (TPSA) is 97.8 Å². The van der Waals surface area contributed by atoms with Crippen LogP contribution in [0.4, 0.5) is 11.5 Å².